The van der Waals surface area contributed by atoms with Crippen LogP contribution in [0.2, 0.25) is 0 Å². The van der Waals surface area contributed by atoms with Crippen LogP contribution in [0.3, 0.4) is 0 Å². The van der Waals surface area contributed by atoms with Crippen molar-refractivity contribution in [3.8, 4) is 0 Å². The molecule has 2 unspecified atom stereocenters. The van der Waals surface area contributed by atoms with E-state index in [1.807, 2.05) is 7.11 Å². The van der Waals surface area contributed by atoms with Gasteiger partial charge in [-0.25, -0.2) is 0 Å². The molecule has 0 saturated heterocycles. The summed E-state index contributed by atoms with van der Waals surface area (Å²) in [6.07, 6.45) is 3.45. The first kappa shape index (κ1) is 18.9. The zero-order valence-corrected chi connectivity index (χ0v) is 14.3. The molecular weight excluding hydrogens is 238 g/mol. The lowest BCUT2D eigenvalue weighted by Crippen LogP contribution is -2.48. The van der Waals surface area contributed by atoms with Gasteiger partial charge < -0.3 is 14.8 Å². The van der Waals surface area contributed by atoms with Gasteiger partial charge in [0, 0.05) is 20.3 Å². The zero-order chi connectivity index (χ0) is 15.1. The predicted molar refractivity (Wildman–Crippen MR) is 82.7 cm³/mol. The standard InChI is InChI=1S/C16H35NO2/c1-9-12-17-13(10-11-16(5,6)19-8)14(18-7)15(2,3)4/h13-14,17H,9-12H2,1-8H3. The van der Waals surface area contributed by atoms with Crippen LogP contribution in [0.25, 0.3) is 0 Å². The van der Waals surface area contributed by atoms with Crippen molar-refractivity contribution in [2.75, 3.05) is 20.8 Å². The second-order valence-corrected chi connectivity index (χ2v) is 7.09. The quantitative estimate of drug-likeness (QED) is 0.696. The van der Waals surface area contributed by atoms with E-state index in [4.69, 9.17) is 9.47 Å². The summed E-state index contributed by atoms with van der Waals surface area (Å²) in [6.45, 7) is 14.2. The molecule has 0 aliphatic rings. The lowest BCUT2D eigenvalue weighted by atomic mass is 9.81. The number of hydrogen-bond acceptors (Lipinski definition) is 3. The Kier molecular flexibility index (Phi) is 8.18. The van der Waals surface area contributed by atoms with Crippen molar-refractivity contribution in [3.05, 3.63) is 0 Å². The molecule has 0 amide bonds. The third kappa shape index (κ3) is 7.28. The van der Waals surface area contributed by atoms with E-state index in [2.05, 4.69) is 46.9 Å². The average Bonchev–Trinajstić information content (AvgIpc) is 2.31. The molecule has 3 heteroatoms. The molecule has 0 saturated carbocycles. The van der Waals surface area contributed by atoms with Crippen LogP contribution in [0.15, 0.2) is 0 Å². The van der Waals surface area contributed by atoms with Gasteiger partial charge in [0.15, 0.2) is 0 Å². The topological polar surface area (TPSA) is 30.5 Å². The molecule has 0 aliphatic heterocycles. The van der Waals surface area contributed by atoms with Crippen LogP contribution in [-0.4, -0.2) is 38.5 Å². The van der Waals surface area contributed by atoms with Crippen LogP contribution in [0.1, 0.15) is 60.8 Å². The molecule has 0 aromatic heterocycles. The number of methoxy groups -OCH3 is 2. The predicted octanol–water partition coefficient (Wildman–Crippen LogP) is 3.62. The van der Waals surface area contributed by atoms with E-state index in [9.17, 15) is 0 Å². The van der Waals surface area contributed by atoms with Gasteiger partial charge in [-0.1, -0.05) is 27.7 Å². The van der Waals surface area contributed by atoms with Crippen molar-refractivity contribution in [3.63, 3.8) is 0 Å². The molecular formula is C16H35NO2. The largest absolute Gasteiger partial charge is 0.379 e. The van der Waals surface area contributed by atoms with Gasteiger partial charge in [0.05, 0.1) is 11.7 Å². The fourth-order valence-corrected chi connectivity index (χ4v) is 2.42. The summed E-state index contributed by atoms with van der Waals surface area (Å²) in [5, 5.41) is 3.64. The third-order valence-electron chi connectivity index (χ3n) is 3.74. The Balaban J connectivity index is 4.69. The first-order chi connectivity index (χ1) is 8.68. The summed E-state index contributed by atoms with van der Waals surface area (Å²) >= 11 is 0. The van der Waals surface area contributed by atoms with Gasteiger partial charge in [-0.05, 0) is 45.1 Å². The molecule has 0 rings (SSSR count). The van der Waals surface area contributed by atoms with Crippen LogP contribution in [0.4, 0.5) is 0 Å². The smallest absolute Gasteiger partial charge is 0.0772 e. The molecule has 0 heterocycles. The van der Waals surface area contributed by atoms with Crippen molar-refractivity contribution in [2.24, 2.45) is 5.41 Å². The second-order valence-electron chi connectivity index (χ2n) is 7.09. The fourth-order valence-electron chi connectivity index (χ4n) is 2.42. The Labute approximate surface area is 120 Å². The van der Waals surface area contributed by atoms with Gasteiger partial charge in [0.25, 0.3) is 0 Å². The monoisotopic (exact) mass is 273 g/mol. The van der Waals surface area contributed by atoms with E-state index >= 15 is 0 Å². The lowest BCUT2D eigenvalue weighted by molar-refractivity contribution is -0.0280. The van der Waals surface area contributed by atoms with Gasteiger partial charge in [0.1, 0.15) is 0 Å². The number of rotatable bonds is 9. The molecule has 0 aromatic carbocycles. The van der Waals surface area contributed by atoms with E-state index in [1.54, 1.807) is 7.11 Å². The number of hydrogen-bond donors (Lipinski definition) is 1. The molecule has 0 radical (unpaired) electrons. The number of nitrogens with one attached hydrogen (secondary N) is 1. The second kappa shape index (κ2) is 8.23. The van der Waals surface area contributed by atoms with Crippen LogP contribution in [0.5, 0.6) is 0 Å². The summed E-state index contributed by atoms with van der Waals surface area (Å²) in [5.41, 5.74) is 0.0691. The highest BCUT2D eigenvalue weighted by atomic mass is 16.5. The Bertz CT molecular complexity index is 233. The molecule has 0 fully saturated rings. The van der Waals surface area contributed by atoms with E-state index < -0.39 is 0 Å². The molecule has 0 bridgehead atoms. The SMILES string of the molecule is CCCNC(CCC(C)(C)OC)C(OC)C(C)(C)C. The van der Waals surface area contributed by atoms with E-state index in [0.717, 1.165) is 25.8 Å². The van der Waals surface area contributed by atoms with E-state index in [-0.39, 0.29) is 17.1 Å². The summed E-state index contributed by atoms with van der Waals surface area (Å²) < 4.78 is 11.3. The Morgan fingerprint density at radius 3 is 2.00 bits per heavy atom. The van der Waals surface area contributed by atoms with Gasteiger partial charge >= 0.3 is 0 Å². The van der Waals surface area contributed by atoms with Crippen molar-refractivity contribution in [2.45, 2.75) is 78.6 Å². The first-order valence-electron chi connectivity index (χ1n) is 7.49. The zero-order valence-electron chi connectivity index (χ0n) is 14.3. The average molecular weight is 273 g/mol. The van der Waals surface area contributed by atoms with Gasteiger partial charge in [-0.15, -0.1) is 0 Å². The van der Waals surface area contributed by atoms with Crippen LogP contribution >= 0.6 is 0 Å². The normalized spacial score (nSPS) is 16.4. The summed E-state index contributed by atoms with van der Waals surface area (Å²) in [5.74, 6) is 0. The summed E-state index contributed by atoms with van der Waals surface area (Å²) in [7, 11) is 3.60. The first-order valence-corrected chi connectivity index (χ1v) is 7.49. The summed E-state index contributed by atoms with van der Waals surface area (Å²) in [6, 6.07) is 0.374. The fraction of sp³-hybridized carbons (Fsp3) is 1.00. The molecule has 1 N–H and O–H groups in total. The van der Waals surface area contributed by atoms with Crippen LogP contribution in [-0.2, 0) is 9.47 Å². The Morgan fingerprint density at radius 1 is 1.05 bits per heavy atom. The molecule has 116 valence electrons. The highest BCUT2D eigenvalue weighted by molar-refractivity contribution is 4.87. The maximum absolute atomic E-state index is 5.77. The van der Waals surface area contributed by atoms with Crippen LogP contribution < -0.4 is 5.32 Å². The van der Waals surface area contributed by atoms with Gasteiger partial charge in [-0.2, -0.15) is 0 Å². The molecule has 0 aliphatic carbocycles. The third-order valence-corrected chi connectivity index (χ3v) is 3.74. The van der Waals surface area contributed by atoms with E-state index in [0.29, 0.717) is 6.04 Å². The molecule has 19 heavy (non-hydrogen) atoms. The maximum Gasteiger partial charge on any atom is 0.0772 e. The van der Waals surface area contributed by atoms with Gasteiger partial charge in [-0.3, -0.25) is 0 Å². The minimum Gasteiger partial charge on any atom is -0.379 e. The highest BCUT2D eigenvalue weighted by Gasteiger charge is 2.33. The minimum absolute atomic E-state index is 0.0671. The molecule has 3 nitrogen and oxygen atoms in total. The summed E-state index contributed by atoms with van der Waals surface area (Å²) in [4.78, 5) is 0. The van der Waals surface area contributed by atoms with Gasteiger partial charge in [0.2, 0.25) is 0 Å². The molecule has 0 spiro atoms. The van der Waals surface area contributed by atoms with Crippen LogP contribution in [0, 0.1) is 5.41 Å². The Hall–Kier alpha value is -0.120. The van der Waals surface area contributed by atoms with E-state index in [1.165, 1.54) is 0 Å². The lowest BCUT2D eigenvalue weighted by Gasteiger charge is -2.38. The highest BCUT2D eigenvalue weighted by Crippen LogP contribution is 2.28. The van der Waals surface area contributed by atoms with Crippen molar-refractivity contribution in [1.29, 1.82) is 0 Å². The van der Waals surface area contributed by atoms with Crippen molar-refractivity contribution < 1.29 is 9.47 Å². The Morgan fingerprint density at radius 2 is 1.63 bits per heavy atom. The molecule has 2 atom stereocenters. The molecule has 0 aromatic rings. The maximum atomic E-state index is 5.77. The van der Waals surface area contributed by atoms with Crippen molar-refractivity contribution >= 4 is 0 Å². The van der Waals surface area contributed by atoms with Crippen molar-refractivity contribution in [1.82, 2.24) is 5.32 Å². The minimum atomic E-state index is -0.0671. The number of ether oxygens (including phenoxy) is 2.